The summed E-state index contributed by atoms with van der Waals surface area (Å²) in [4.78, 5) is 17.1. The molecular formula is C16H21F3N2O3. The van der Waals surface area contributed by atoms with Gasteiger partial charge in [-0.1, -0.05) is 6.07 Å². The average Bonchev–Trinajstić information content (AvgIpc) is 2.52. The maximum Gasteiger partial charge on any atom is 0.416 e. The van der Waals surface area contributed by atoms with Crippen molar-refractivity contribution in [1.82, 2.24) is 10.4 Å². The van der Waals surface area contributed by atoms with Gasteiger partial charge in [-0.2, -0.15) is 13.2 Å². The highest BCUT2D eigenvalue weighted by atomic mass is 19.4. The number of rotatable bonds is 4. The Hall–Kier alpha value is -1.96. The lowest BCUT2D eigenvalue weighted by molar-refractivity contribution is -0.140. The highest BCUT2D eigenvalue weighted by molar-refractivity contribution is 5.73. The number of benzene rings is 1. The number of carbonyl (C=O) groups excluding carboxylic acids is 1. The van der Waals surface area contributed by atoms with Gasteiger partial charge in [-0.3, -0.25) is 4.84 Å². The number of hydroxylamine groups is 2. The second kappa shape index (κ2) is 7.74. The lowest BCUT2D eigenvalue weighted by Crippen LogP contribution is -2.42. The van der Waals surface area contributed by atoms with Crippen molar-refractivity contribution in [2.24, 2.45) is 0 Å². The lowest BCUT2D eigenvalue weighted by atomic mass is 10.1. The second-order valence-corrected chi connectivity index (χ2v) is 5.78. The van der Waals surface area contributed by atoms with Gasteiger partial charge in [-0.25, -0.2) is 9.86 Å². The highest BCUT2D eigenvalue weighted by Crippen LogP contribution is 2.34. The van der Waals surface area contributed by atoms with Crippen molar-refractivity contribution in [1.29, 1.82) is 0 Å². The number of hydrogen-bond acceptors (Lipinski definition) is 3. The molecular weight excluding hydrogens is 325 g/mol. The molecule has 1 aliphatic heterocycles. The fraction of sp³-hybridized carbons (Fsp3) is 0.562. The molecule has 1 saturated heterocycles. The average molecular weight is 346 g/mol. The normalized spacial score (nSPS) is 15.5. The number of nitrogens with zero attached hydrogens (tertiary/aromatic N) is 1. The predicted octanol–water partition coefficient (Wildman–Crippen LogP) is 3.73. The van der Waals surface area contributed by atoms with Crippen LogP contribution in [0.5, 0.6) is 5.75 Å². The van der Waals surface area contributed by atoms with E-state index in [1.807, 2.05) is 0 Å². The van der Waals surface area contributed by atoms with Gasteiger partial charge in [0.25, 0.3) is 0 Å². The van der Waals surface area contributed by atoms with Gasteiger partial charge >= 0.3 is 12.2 Å². The topological polar surface area (TPSA) is 50.8 Å². The fourth-order valence-corrected chi connectivity index (χ4v) is 2.34. The molecule has 0 radical (unpaired) electrons. The third-order valence-electron chi connectivity index (χ3n) is 3.42. The third-order valence-corrected chi connectivity index (χ3v) is 3.42. The molecule has 1 aliphatic rings. The van der Waals surface area contributed by atoms with Gasteiger partial charge in [0.2, 0.25) is 0 Å². The molecule has 2 rings (SSSR count). The molecule has 0 bridgehead atoms. The minimum Gasteiger partial charge on any atom is -0.491 e. The Labute approximate surface area is 138 Å². The van der Waals surface area contributed by atoms with Crippen LogP contribution in [-0.2, 0) is 17.6 Å². The molecule has 1 aromatic rings. The van der Waals surface area contributed by atoms with E-state index in [0.717, 1.165) is 24.0 Å². The van der Waals surface area contributed by atoms with Crippen molar-refractivity contribution in [3.8, 4) is 5.75 Å². The first-order valence-corrected chi connectivity index (χ1v) is 7.82. The Balaban J connectivity index is 2.09. The standard InChI is InChI=1S/C16H21F3N2O3/c1-11(2)24-13-6-5-12(14(9-13)16(17,18)19)10-20-15(22)21-7-3-4-8-23-21/h5-6,9,11H,3-4,7-8,10H2,1-2H3,(H,20,22). The number of amides is 2. The summed E-state index contributed by atoms with van der Waals surface area (Å²) in [7, 11) is 0. The molecule has 0 atom stereocenters. The van der Waals surface area contributed by atoms with Crippen molar-refractivity contribution < 1.29 is 27.5 Å². The minimum absolute atomic E-state index is 0.0241. The van der Waals surface area contributed by atoms with Crippen LogP contribution in [-0.4, -0.2) is 30.3 Å². The summed E-state index contributed by atoms with van der Waals surface area (Å²) in [6.45, 7) is 4.09. The Morgan fingerprint density at radius 2 is 2.12 bits per heavy atom. The van der Waals surface area contributed by atoms with Crippen LogP contribution in [0.4, 0.5) is 18.0 Å². The van der Waals surface area contributed by atoms with Crippen molar-refractivity contribution in [2.45, 2.75) is 45.5 Å². The van der Waals surface area contributed by atoms with E-state index in [2.05, 4.69) is 5.32 Å². The molecule has 0 saturated carbocycles. The van der Waals surface area contributed by atoms with E-state index in [9.17, 15) is 18.0 Å². The maximum atomic E-state index is 13.2. The van der Waals surface area contributed by atoms with Crippen LogP contribution in [0.1, 0.15) is 37.8 Å². The number of ether oxygens (including phenoxy) is 1. The summed E-state index contributed by atoms with van der Waals surface area (Å²) in [6, 6.07) is 3.20. The molecule has 5 nitrogen and oxygen atoms in total. The van der Waals surface area contributed by atoms with Gasteiger partial charge in [0.1, 0.15) is 5.75 Å². The molecule has 1 N–H and O–H groups in total. The number of halogens is 3. The molecule has 1 fully saturated rings. The van der Waals surface area contributed by atoms with Gasteiger partial charge in [-0.15, -0.1) is 0 Å². The van der Waals surface area contributed by atoms with Crippen LogP contribution in [0.2, 0.25) is 0 Å². The molecule has 0 aromatic heterocycles. The molecule has 24 heavy (non-hydrogen) atoms. The van der Waals surface area contributed by atoms with E-state index in [4.69, 9.17) is 9.57 Å². The van der Waals surface area contributed by atoms with E-state index < -0.39 is 17.8 Å². The summed E-state index contributed by atoms with van der Waals surface area (Å²) < 4.78 is 45.0. The number of urea groups is 1. The number of hydrogen-bond donors (Lipinski definition) is 1. The summed E-state index contributed by atoms with van der Waals surface area (Å²) >= 11 is 0. The van der Waals surface area contributed by atoms with Crippen LogP contribution in [0.25, 0.3) is 0 Å². The molecule has 2 amide bonds. The first-order chi connectivity index (χ1) is 11.3. The lowest BCUT2D eigenvalue weighted by Gasteiger charge is -2.26. The van der Waals surface area contributed by atoms with Crippen LogP contribution < -0.4 is 10.1 Å². The number of carbonyl (C=O) groups is 1. The SMILES string of the molecule is CC(C)Oc1ccc(CNC(=O)N2CCCCO2)c(C(F)(F)F)c1. The van der Waals surface area contributed by atoms with Crippen molar-refractivity contribution in [2.75, 3.05) is 13.2 Å². The van der Waals surface area contributed by atoms with E-state index in [1.54, 1.807) is 13.8 Å². The zero-order chi connectivity index (χ0) is 17.7. The molecule has 8 heteroatoms. The van der Waals surface area contributed by atoms with Gasteiger partial charge < -0.3 is 10.1 Å². The molecule has 134 valence electrons. The smallest absolute Gasteiger partial charge is 0.416 e. The van der Waals surface area contributed by atoms with E-state index in [1.165, 1.54) is 12.1 Å². The molecule has 0 unspecified atom stereocenters. The third kappa shape index (κ3) is 5.02. The van der Waals surface area contributed by atoms with Crippen LogP contribution in [0, 0.1) is 0 Å². The number of alkyl halides is 3. The van der Waals surface area contributed by atoms with E-state index >= 15 is 0 Å². The Morgan fingerprint density at radius 3 is 2.71 bits per heavy atom. The highest BCUT2D eigenvalue weighted by Gasteiger charge is 2.34. The maximum absolute atomic E-state index is 13.2. The van der Waals surface area contributed by atoms with E-state index in [-0.39, 0.29) is 24.0 Å². The fourth-order valence-electron chi connectivity index (χ4n) is 2.34. The van der Waals surface area contributed by atoms with Crippen LogP contribution >= 0.6 is 0 Å². The zero-order valence-electron chi connectivity index (χ0n) is 13.7. The summed E-state index contributed by atoms with van der Waals surface area (Å²) in [6.07, 6.45) is -3.09. The molecule has 0 spiro atoms. The second-order valence-electron chi connectivity index (χ2n) is 5.78. The monoisotopic (exact) mass is 346 g/mol. The van der Waals surface area contributed by atoms with E-state index in [0.29, 0.717) is 13.2 Å². The van der Waals surface area contributed by atoms with Gasteiger partial charge in [0, 0.05) is 6.54 Å². The van der Waals surface area contributed by atoms with Gasteiger partial charge in [0.05, 0.1) is 24.8 Å². The van der Waals surface area contributed by atoms with Crippen molar-refractivity contribution >= 4 is 6.03 Å². The quantitative estimate of drug-likeness (QED) is 0.904. The summed E-state index contributed by atoms with van der Waals surface area (Å²) in [5.74, 6) is 0.145. The van der Waals surface area contributed by atoms with Crippen molar-refractivity contribution in [3.63, 3.8) is 0 Å². The Kier molecular flexibility index (Phi) is 5.93. The Bertz CT molecular complexity index is 570. The summed E-state index contributed by atoms with van der Waals surface area (Å²) in [5.41, 5.74) is -0.843. The van der Waals surface area contributed by atoms with Crippen LogP contribution in [0.15, 0.2) is 18.2 Å². The molecule has 1 heterocycles. The Morgan fingerprint density at radius 1 is 1.38 bits per heavy atom. The predicted molar refractivity (Wildman–Crippen MR) is 81.3 cm³/mol. The van der Waals surface area contributed by atoms with Gasteiger partial charge in [0.15, 0.2) is 0 Å². The molecule has 0 aliphatic carbocycles. The van der Waals surface area contributed by atoms with Crippen LogP contribution in [0.3, 0.4) is 0 Å². The number of nitrogens with one attached hydrogen (secondary N) is 1. The first-order valence-electron chi connectivity index (χ1n) is 7.82. The molecule has 1 aromatic carbocycles. The van der Waals surface area contributed by atoms with Gasteiger partial charge in [-0.05, 0) is 44.4 Å². The van der Waals surface area contributed by atoms with Crippen molar-refractivity contribution in [3.05, 3.63) is 29.3 Å². The summed E-state index contributed by atoms with van der Waals surface area (Å²) in [5, 5.41) is 3.61. The zero-order valence-corrected chi connectivity index (χ0v) is 13.7. The minimum atomic E-state index is -4.53. The largest absolute Gasteiger partial charge is 0.491 e. The first kappa shape index (κ1) is 18.4.